The monoisotopic (exact) mass is 337 g/mol. The number of fused-ring (bicyclic) bond motifs is 1. The highest BCUT2D eigenvalue weighted by molar-refractivity contribution is 6.30. The van der Waals surface area contributed by atoms with Gasteiger partial charge < -0.3 is 9.47 Å². The largest absolute Gasteiger partial charge is 0.478 e. The SMILES string of the molecule is O=C(Oc1cc(F)ccc1[N+](=O)[O-])[C@@H]1Cc2cc(Cl)ccc2O1. The number of nitro groups is 1. The highest BCUT2D eigenvalue weighted by atomic mass is 35.5. The molecule has 3 rings (SSSR count). The van der Waals surface area contributed by atoms with Crippen LogP contribution in [-0.4, -0.2) is 17.0 Å². The quantitative estimate of drug-likeness (QED) is 0.371. The van der Waals surface area contributed by atoms with Gasteiger partial charge in [0.1, 0.15) is 11.6 Å². The van der Waals surface area contributed by atoms with Gasteiger partial charge in [-0.2, -0.15) is 0 Å². The number of halogens is 2. The van der Waals surface area contributed by atoms with E-state index in [0.29, 0.717) is 10.8 Å². The lowest BCUT2D eigenvalue weighted by Gasteiger charge is -2.10. The molecule has 0 aliphatic carbocycles. The number of benzene rings is 2. The van der Waals surface area contributed by atoms with Gasteiger partial charge in [-0.3, -0.25) is 10.1 Å². The number of hydrogen-bond donors (Lipinski definition) is 0. The van der Waals surface area contributed by atoms with Crippen LogP contribution in [0, 0.1) is 15.9 Å². The number of carbonyl (C=O) groups is 1. The van der Waals surface area contributed by atoms with Crippen molar-refractivity contribution in [3.05, 3.63) is 62.9 Å². The first kappa shape index (κ1) is 15.2. The van der Waals surface area contributed by atoms with E-state index in [-0.39, 0.29) is 6.42 Å². The molecule has 0 unspecified atom stereocenters. The molecule has 1 atom stereocenters. The van der Waals surface area contributed by atoms with Crippen LogP contribution in [0.5, 0.6) is 11.5 Å². The third-order valence-corrected chi connectivity index (χ3v) is 3.52. The molecule has 0 amide bonds. The second-order valence-corrected chi connectivity index (χ2v) is 5.29. The predicted molar refractivity (Wildman–Crippen MR) is 78.3 cm³/mol. The molecule has 118 valence electrons. The van der Waals surface area contributed by atoms with Crippen molar-refractivity contribution in [1.29, 1.82) is 0 Å². The van der Waals surface area contributed by atoms with Gasteiger partial charge in [0.25, 0.3) is 0 Å². The van der Waals surface area contributed by atoms with Crippen LogP contribution in [0.1, 0.15) is 5.56 Å². The molecule has 1 aliphatic heterocycles. The first-order valence-electron chi connectivity index (χ1n) is 6.55. The molecular formula is C15H9ClFNO5. The van der Waals surface area contributed by atoms with E-state index >= 15 is 0 Å². The normalized spacial score (nSPS) is 15.7. The van der Waals surface area contributed by atoms with Gasteiger partial charge in [-0.25, -0.2) is 9.18 Å². The fourth-order valence-electron chi connectivity index (χ4n) is 2.24. The highest BCUT2D eigenvalue weighted by Gasteiger charge is 2.32. The number of hydrogen-bond acceptors (Lipinski definition) is 5. The summed E-state index contributed by atoms with van der Waals surface area (Å²) in [6.45, 7) is 0. The van der Waals surface area contributed by atoms with Crippen molar-refractivity contribution in [2.45, 2.75) is 12.5 Å². The van der Waals surface area contributed by atoms with Crippen LogP contribution in [0.4, 0.5) is 10.1 Å². The second-order valence-electron chi connectivity index (χ2n) is 4.85. The molecule has 0 saturated heterocycles. The van der Waals surface area contributed by atoms with E-state index in [9.17, 15) is 19.3 Å². The lowest BCUT2D eigenvalue weighted by atomic mass is 10.1. The fraction of sp³-hybridized carbons (Fsp3) is 0.133. The molecule has 0 radical (unpaired) electrons. The van der Waals surface area contributed by atoms with E-state index in [1.54, 1.807) is 18.2 Å². The van der Waals surface area contributed by atoms with Gasteiger partial charge in [0.05, 0.1) is 4.92 Å². The van der Waals surface area contributed by atoms with Gasteiger partial charge in [-0.1, -0.05) is 11.6 Å². The molecule has 1 aliphatic rings. The van der Waals surface area contributed by atoms with E-state index in [4.69, 9.17) is 21.1 Å². The number of rotatable bonds is 3. The molecule has 23 heavy (non-hydrogen) atoms. The van der Waals surface area contributed by atoms with Crippen LogP contribution in [0.15, 0.2) is 36.4 Å². The zero-order valence-corrected chi connectivity index (χ0v) is 12.2. The molecule has 0 bridgehead atoms. The minimum absolute atomic E-state index is 0.220. The van der Waals surface area contributed by atoms with Gasteiger partial charge in [0, 0.05) is 23.6 Å². The second kappa shape index (κ2) is 5.85. The molecule has 0 saturated carbocycles. The van der Waals surface area contributed by atoms with E-state index in [1.165, 1.54) is 0 Å². The lowest BCUT2D eigenvalue weighted by Crippen LogP contribution is -2.30. The Kier molecular flexibility index (Phi) is 3.87. The Hall–Kier alpha value is -2.67. The van der Waals surface area contributed by atoms with Crippen molar-refractivity contribution in [1.82, 2.24) is 0 Å². The van der Waals surface area contributed by atoms with E-state index in [0.717, 1.165) is 23.8 Å². The molecule has 6 nitrogen and oxygen atoms in total. The molecule has 2 aromatic carbocycles. The molecule has 0 spiro atoms. The maximum atomic E-state index is 13.2. The van der Waals surface area contributed by atoms with Gasteiger partial charge >= 0.3 is 11.7 Å². The standard InChI is InChI=1S/C15H9ClFNO5/c16-9-1-4-12-8(5-9)6-14(22-12)15(19)23-13-7-10(17)2-3-11(13)18(20)21/h1-5,7,14H,6H2/t14-/m0/s1. The number of carbonyl (C=O) groups excluding carboxylic acids is 1. The van der Waals surface area contributed by atoms with Crippen molar-refractivity contribution in [3.8, 4) is 11.5 Å². The maximum absolute atomic E-state index is 13.2. The number of esters is 1. The summed E-state index contributed by atoms with van der Waals surface area (Å²) in [5, 5.41) is 11.4. The fourth-order valence-corrected chi connectivity index (χ4v) is 2.44. The third-order valence-electron chi connectivity index (χ3n) is 3.29. The molecule has 2 aromatic rings. The lowest BCUT2D eigenvalue weighted by molar-refractivity contribution is -0.385. The predicted octanol–water partition coefficient (Wildman–Crippen LogP) is 3.30. The summed E-state index contributed by atoms with van der Waals surface area (Å²) in [6.07, 6.45) is -0.746. The zero-order chi connectivity index (χ0) is 16.6. The average Bonchev–Trinajstić information content (AvgIpc) is 2.90. The minimum atomic E-state index is -0.966. The maximum Gasteiger partial charge on any atom is 0.353 e. The van der Waals surface area contributed by atoms with Crippen molar-refractivity contribution in [3.63, 3.8) is 0 Å². The Morgan fingerprint density at radius 3 is 2.87 bits per heavy atom. The number of nitro benzene ring substituents is 1. The van der Waals surface area contributed by atoms with Gasteiger partial charge in [0.15, 0.2) is 6.10 Å². The average molecular weight is 338 g/mol. The topological polar surface area (TPSA) is 78.7 Å². The van der Waals surface area contributed by atoms with Crippen molar-refractivity contribution >= 4 is 23.3 Å². The van der Waals surface area contributed by atoms with Crippen LogP contribution in [0.25, 0.3) is 0 Å². The van der Waals surface area contributed by atoms with Gasteiger partial charge in [0.2, 0.25) is 5.75 Å². The Labute approximate surface area is 134 Å². The Balaban J connectivity index is 1.79. The van der Waals surface area contributed by atoms with Crippen LogP contribution in [0.2, 0.25) is 5.02 Å². The smallest absolute Gasteiger partial charge is 0.353 e. The summed E-state index contributed by atoms with van der Waals surface area (Å²) in [7, 11) is 0. The van der Waals surface area contributed by atoms with E-state index in [1.807, 2.05) is 0 Å². The summed E-state index contributed by atoms with van der Waals surface area (Å²) in [6, 6.07) is 7.53. The van der Waals surface area contributed by atoms with Crippen LogP contribution in [0.3, 0.4) is 0 Å². The molecule has 0 N–H and O–H groups in total. The molecule has 0 aromatic heterocycles. The van der Waals surface area contributed by atoms with Crippen LogP contribution in [-0.2, 0) is 11.2 Å². The summed E-state index contributed by atoms with van der Waals surface area (Å²) in [5.41, 5.74) is 0.228. The van der Waals surface area contributed by atoms with Crippen molar-refractivity contribution in [2.24, 2.45) is 0 Å². The number of nitrogens with zero attached hydrogens (tertiary/aromatic N) is 1. The molecular weight excluding hydrogens is 329 g/mol. The summed E-state index contributed by atoms with van der Waals surface area (Å²) in [5.74, 6) is -1.56. The number of ether oxygens (including phenoxy) is 2. The van der Waals surface area contributed by atoms with Crippen LogP contribution < -0.4 is 9.47 Å². The third kappa shape index (κ3) is 3.09. The molecule has 1 heterocycles. The van der Waals surface area contributed by atoms with Crippen LogP contribution >= 0.6 is 11.6 Å². The van der Waals surface area contributed by atoms with Crippen molar-refractivity contribution < 1.29 is 23.6 Å². The Bertz CT molecular complexity index is 810. The summed E-state index contributed by atoms with van der Waals surface area (Å²) in [4.78, 5) is 22.3. The Morgan fingerprint density at radius 2 is 2.13 bits per heavy atom. The van der Waals surface area contributed by atoms with Gasteiger partial charge in [-0.05, 0) is 29.8 Å². The highest BCUT2D eigenvalue weighted by Crippen LogP contribution is 2.33. The first-order chi connectivity index (χ1) is 10.9. The summed E-state index contributed by atoms with van der Waals surface area (Å²) < 4.78 is 23.6. The zero-order valence-electron chi connectivity index (χ0n) is 11.5. The first-order valence-corrected chi connectivity index (χ1v) is 6.92. The molecule has 8 heteroatoms. The minimum Gasteiger partial charge on any atom is -0.478 e. The Morgan fingerprint density at radius 1 is 1.35 bits per heavy atom. The molecule has 0 fully saturated rings. The van der Waals surface area contributed by atoms with Gasteiger partial charge in [-0.15, -0.1) is 0 Å². The van der Waals surface area contributed by atoms with Crippen molar-refractivity contribution in [2.75, 3.05) is 0 Å². The summed E-state index contributed by atoms with van der Waals surface area (Å²) >= 11 is 5.87. The van der Waals surface area contributed by atoms with E-state index in [2.05, 4.69) is 0 Å². The van der Waals surface area contributed by atoms with E-state index < -0.39 is 34.3 Å².